The number of amides is 1. The van der Waals surface area contributed by atoms with Crippen molar-refractivity contribution in [3.8, 4) is 17.1 Å². The number of pyridine rings is 1. The number of carboxylic acids is 1. The Morgan fingerprint density at radius 3 is 2.73 bits per heavy atom. The van der Waals surface area contributed by atoms with Crippen molar-refractivity contribution < 1.29 is 37.3 Å². The van der Waals surface area contributed by atoms with Gasteiger partial charge in [-0.1, -0.05) is 5.21 Å². The van der Waals surface area contributed by atoms with Crippen LogP contribution in [0.3, 0.4) is 0 Å². The molecular formula is C20H24F3N5O5. The van der Waals surface area contributed by atoms with Crippen molar-refractivity contribution in [3.05, 3.63) is 23.5 Å². The molecule has 1 amide bonds. The van der Waals surface area contributed by atoms with Crippen molar-refractivity contribution >= 4 is 12.1 Å². The summed E-state index contributed by atoms with van der Waals surface area (Å²) in [4.78, 5) is 27.3. The second-order valence-corrected chi connectivity index (χ2v) is 7.77. The average Bonchev–Trinajstić information content (AvgIpc) is 3.12. The number of aromatic nitrogens is 4. The van der Waals surface area contributed by atoms with E-state index in [1.54, 1.807) is 26.1 Å². The van der Waals surface area contributed by atoms with Crippen molar-refractivity contribution in [1.82, 2.24) is 25.3 Å². The Kier molecular flexibility index (Phi) is 7.39. The molecule has 10 nitrogen and oxygen atoms in total. The molecule has 180 valence electrons. The molecule has 1 saturated carbocycles. The molecule has 3 rings (SSSR count). The van der Waals surface area contributed by atoms with E-state index in [-0.39, 0.29) is 12.6 Å². The van der Waals surface area contributed by atoms with E-state index in [9.17, 15) is 27.9 Å². The molecule has 0 unspecified atom stereocenters. The number of nitrogens with zero attached hydrogens (tertiary/aromatic N) is 4. The monoisotopic (exact) mass is 471 g/mol. The number of aliphatic carboxylic acids is 1. The number of carboxylic acid groups (broad SMARTS) is 1. The van der Waals surface area contributed by atoms with Gasteiger partial charge in [0.05, 0.1) is 35.6 Å². The van der Waals surface area contributed by atoms with E-state index < -0.39 is 30.8 Å². The van der Waals surface area contributed by atoms with Gasteiger partial charge in [0.15, 0.2) is 6.61 Å². The van der Waals surface area contributed by atoms with Crippen LogP contribution in [0.1, 0.15) is 37.1 Å². The lowest BCUT2D eigenvalue weighted by Gasteiger charge is -2.27. The van der Waals surface area contributed by atoms with Crippen molar-refractivity contribution in [1.29, 1.82) is 0 Å². The average molecular weight is 471 g/mol. The summed E-state index contributed by atoms with van der Waals surface area (Å²) in [6.45, 7) is -0.127. The molecule has 2 aromatic heterocycles. The fraction of sp³-hybridized carbons (Fsp3) is 0.550. The first kappa shape index (κ1) is 24.3. The third-order valence-corrected chi connectivity index (χ3v) is 5.26. The van der Waals surface area contributed by atoms with Crippen LogP contribution >= 0.6 is 0 Å². The number of carbonyl (C=O) groups is 2. The summed E-state index contributed by atoms with van der Waals surface area (Å²) in [5.74, 6) is -0.720. The molecule has 0 aliphatic heterocycles. The van der Waals surface area contributed by atoms with Crippen LogP contribution in [-0.4, -0.2) is 56.0 Å². The highest BCUT2D eigenvalue weighted by molar-refractivity contribution is 5.70. The Bertz CT molecular complexity index is 1010. The Balaban J connectivity index is 1.67. The van der Waals surface area contributed by atoms with Crippen molar-refractivity contribution in [2.24, 2.45) is 13.0 Å². The van der Waals surface area contributed by atoms with Gasteiger partial charge in [-0.25, -0.2) is 14.5 Å². The van der Waals surface area contributed by atoms with Gasteiger partial charge in [-0.15, -0.1) is 5.10 Å². The molecule has 33 heavy (non-hydrogen) atoms. The highest BCUT2D eigenvalue weighted by Crippen LogP contribution is 2.30. The minimum atomic E-state index is -4.62. The van der Waals surface area contributed by atoms with Gasteiger partial charge < -0.3 is 19.9 Å². The highest BCUT2D eigenvalue weighted by Gasteiger charge is 2.30. The number of carbonyl (C=O) groups excluding carboxylic acids is 1. The lowest BCUT2D eigenvalue weighted by Crippen LogP contribution is -2.29. The number of nitrogens with one attached hydrogen (secondary N) is 1. The van der Waals surface area contributed by atoms with E-state index in [0.29, 0.717) is 41.4 Å². The molecule has 2 aromatic rings. The first-order valence-electron chi connectivity index (χ1n) is 10.3. The molecule has 2 atom stereocenters. The number of alkyl carbamates (subject to hydrolysis) is 1. The van der Waals surface area contributed by atoms with Gasteiger partial charge in [-0.3, -0.25) is 4.79 Å². The Hall–Kier alpha value is -3.38. The minimum Gasteiger partial charge on any atom is -0.489 e. The predicted octanol–water partition coefficient (Wildman–Crippen LogP) is 3.00. The maximum atomic E-state index is 12.2. The summed E-state index contributed by atoms with van der Waals surface area (Å²) >= 11 is 0. The Morgan fingerprint density at radius 1 is 1.30 bits per heavy atom. The van der Waals surface area contributed by atoms with Crippen LogP contribution in [0.15, 0.2) is 12.1 Å². The zero-order valence-electron chi connectivity index (χ0n) is 18.1. The molecule has 2 heterocycles. The number of hydrogen-bond acceptors (Lipinski definition) is 7. The lowest BCUT2D eigenvalue weighted by atomic mass is 9.87. The van der Waals surface area contributed by atoms with Crippen LogP contribution in [0.5, 0.6) is 5.75 Å². The molecule has 13 heteroatoms. The summed E-state index contributed by atoms with van der Waals surface area (Å²) < 4.78 is 48.0. The van der Waals surface area contributed by atoms with Crippen LogP contribution in [0.2, 0.25) is 0 Å². The second-order valence-electron chi connectivity index (χ2n) is 7.77. The molecule has 0 aromatic carbocycles. The highest BCUT2D eigenvalue weighted by atomic mass is 19.4. The smallest absolute Gasteiger partial charge is 0.422 e. The standard InChI is InChI=1S/C20H24F3N5O5/c1-11-16(33-13-5-3-4-12(8-13)18(29)30)7-6-14(25-11)17-15(28(2)27-26-17)9-24-19(31)32-10-20(21,22)23/h6-7,12-13H,3-5,8-10H2,1-2H3,(H,24,31)(H,29,30)/t12-,13-/m0/s1. The van der Waals surface area contributed by atoms with Gasteiger partial charge in [-0.2, -0.15) is 13.2 Å². The lowest BCUT2D eigenvalue weighted by molar-refractivity contribution is -0.160. The van der Waals surface area contributed by atoms with Crippen LogP contribution in [0.25, 0.3) is 11.4 Å². The summed E-state index contributed by atoms with van der Waals surface area (Å²) in [6.07, 6.45) is -3.46. The Labute approximate surface area is 187 Å². The maximum Gasteiger partial charge on any atom is 0.422 e. The number of hydrogen-bond donors (Lipinski definition) is 2. The first-order valence-corrected chi connectivity index (χ1v) is 10.3. The fourth-order valence-corrected chi connectivity index (χ4v) is 3.59. The molecule has 0 radical (unpaired) electrons. The van der Waals surface area contributed by atoms with E-state index in [0.717, 1.165) is 12.8 Å². The molecule has 0 bridgehead atoms. The zero-order chi connectivity index (χ0) is 24.2. The van der Waals surface area contributed by atoms with Crippen LogP contribution in [0.4, 0.5) is 18.0 Å². The number of alkyl halides is 3. The summed E-state index contributed by atoms with van der Waals surface area (Å²) in [5, 5.41) is 19.4. The van der Waals surface area contributed by atoms with Gasteiger partial charge in [0.25, 0.3) is 0 Å². The molecular weight excluding hydrogens is 447 g/mol. The largest absolute Gasteiger partial charge is 0.489 e. The van der Waals surface area contributed by atoms with Gasteiger partial charge in [0.2, 0.25) is 0 Å². The van der Waals surface area contributed by atoms with E-state index in [1.165, 1.54) is 4.68 Å². The van der Waals surface area contributed by atoms with Crippen LogP contribution in [-0.2, 0) is 23.1 Å². The quantitative estimate of drug-likeness (QED) is 0.631. The number of rotatable bonds is 7. The third-order valence-electron chi connectivity index (χ3n) is 5.26. The maximum absolute atomic E-state index is 12.2. The van der Waals surface area contributed by atoms with Gasteiger partial charge in [0, 0.05) is 7.05 Å². The molecule has 1 aliphatic rings. The van der Waals surface area contributed by atoms with Crippen molar-refractivity contribution in [2.75, 3.05) is 6.61 Å². The number of halogens is 3. The molecule has 0 spiro atoms. The Morgan fingerprint density at radius 2 is 2.06 bits per heavy atom. The number of aryl methyl sites for hydroxylation is 2. The van der Waals surface area contributed by atoms with Crippen LogP contribution in [0, 0.1) is 12.8 Å². The fourth-order valence-electron chi connectivity index (χ4n) is 3.59. The van der Waals surface area contributed by atoms with Gasteiger partial charge >= 0.3 is 18.2 Å². The molecule has 2 N–H and O–H groups in total. The third kappa shape index (κ3) is 6.56. The molecule has 0 saturated heterocycles. The second kappa shape index (κ2) is 10.0. The van der Waals surface area contributed by atoms with E-state index >= 15 is 0 Å². The molecule has 1 fully saturated rings. The number of ether oxygens (including phenoxy) is 2. The first-order chi connectivity index (χ1) is 15.5. The van der Waals surface area contributed by atoms with Crippen LogP contribution < -0.4 is 10.1 Å². The predicted molar refractivity (Wildman–Crippen MR) is 107 cm³/mol. The van der Waals surface area contributed by atoms with Gasteiger partial charge in [-0.05, 0) is 44.7 Å². The van der Waals surface area contributed by atoms with E-state index in [2.05, 4.69) is 25.3 Å². The topological polar surface area (TPSA) is 128 Å². The summed E-state index contributed by atoms with van der Waals surface area (Å²) in [6, 6.07) is 3.35. The van der Waals surface area contributed by atoms with Crippen molar-refractivity contribution in [3.63, 3.8) is 0 Å². The zero-order valence-corrected chi connectivity index (χ0v) is 18.1. The SMILES string of the molecule is Cc1nc(-c2nnn(C)c2CNC(=O)OCC(F)(F)F)ccc1O[C@H]1CCC[C@H](C(=O)O)C1. The normalized spacial score (nSPS) is 18.6. The summed E-state index contributed by atoms with van der Waals surface area (Å²) in [5.41, 5.74) is 1.74. The van der Waals surface area contributed by atoms with Crippen molar-refractivity contribution in [2.45, 2.75) is 51.4 Å². The molecule has 1 aliphatic carbocycles. The van der Waals surface area contributed by atoms with Gasteiger partial charge in [0.1, 0.15) is 11.4 Å². The van der Waals surface area contributed by atoms with E-state index in [4.69, 9.17) is 4.74 Å². The summed E-state index contributed by atoms with van der Waals surface area (Å²) in [7, 11) is 1.57. The minimum absolute atomic E-state index is 0.173. The van der Waals surface area contributed by atoms with E-state index in [1.807, 2.05) is 0 Å².